The zero-order valence-corrected chi connectivity index (χ0v) is 14.1. The van der Waals surface area contributed by atoms with Crippen molar-refractivity contribution in [2.45, 2.75) is 39.7 Å². The van der Waals surface area contributed by atoms with E-state index in [-0.39, 0.29) is 6.04 Å². The van der Waals surface area contributed by atoms with Gasteiger partial charge < -0.3 is 15.1 Å². The normalized spacial score (nSPS) is 18.5. The van der Waals surface area contributed by atoms with E-state index in [0.717, 1.165) is 36.5 Å². The molecule has 1 saturated heterocycles. The van der Waals surface area contributed by atoms with Crippen molar-refractivity contribution in [1.29, 1.82) is 0 Å². The molecule has 0 amide bonds. The number of rotatable bonds is 5. The number of aliphatic imine (C=N–C) groups is 1. The Balaban J connectivity index is 1.90. The van der Waals surface area contributed by atoms with E-state index in [2.05, 4.69) is 36.2 Å². The molecule has 0 bridgehead atoms. The summed E-state index contributed by atoms with van der Waals surface area (Å²) >= 11 is 2.06. The van der Waals surface area contributed by atoms with E-state index >= 15 is 0 Å². The molecule has 1 aliphatic rings. The van der Waals surface area contributed by atoms with Gasteiger partial charge in [0.1, 0.15) is 11.5 Å². The fourth-order valence-electron chi connectivity index (χ4n) is 2.43. The largest absolute Gasteiger partial charge is 0.464 e. The molecule has 0 spiro atoms. The predicted molar refractivity (Wildman–Crippen MR) is 91.0 cm³/mol. The first kappa shape index (κ1) is 16.3. The lowest BCUT2D eigenvalue weighted by Crippen LogP contribution is -2.39. The average molecular weight is 309 g/mol. The van der Waals surface area contributed by atoms with Gasteiger partial charge in [-0.05, 0) is 63.2 Å². The number of guanidine groups is 1. The van der Waals surface area contributed by atoms with Crippen molar-refractivity contribution >= 4 is 17.7 Å². The molecular formula is C16H27N3OS. The van der Waals surface area contributed by atoms with Crippen LogP contribution in [0.25, 0.3) is 0 Å². The number of hydrogen-bond donors (Lipinski definition) is 2. The van der Waals surface area contributed by atoms with Crippen LogP contribution in [0.1, 0.15) is 44.3 Å². The highest BCUT2D eigenvalue weighted by molar-refractivity contribution is 7.99. The van der Waals surface area contributed by atoms with E-state index in [9.17, 15) is 0 Å². The summed E-state index contributed by atoms with van der Waals surface area (Å²) in [6.07, 6.45) is 2.58. The summed E-state index contributed by atoms with van der Waals surface area (Å²) in [5, 5.41) is 6.75. The number of hydrogen-bond acceptors (Lipinski definition) is 3. The highest BCUT2D eigenvalue weighted by atomic mass is 32.2. The SMILES string of the molecule is CCNC(=NCC1CCSCC1)NC(C)c1ccc(C)o1. The second-order valence-electron chi connectivity index (χ2n) is 5.59. The van der Waals surface area contributed by atoms with Crippen molar-refractivity contribution in [2.75, 3.05) is 24.6 Å². The second-order valence-corrected chi connectivity index (χ2v) is 6.81. The van der Waals surface area contributed by atoms with Gasteiger partial charge in [-0.1, -0.05) is 0 Å². The molecule has 5 heteroatoms. The van der Waals surface area contributed by atoms with Crippen molar-refractivity contribution in [1.82, 2.24) is 10.6 Å². The Morgan fingerprint density at radius 2 is 2.19 bits per heavy atom. The summed E-state index contributed by atoms with van der Waals surface area (Å²) in [5.41, 5.74) is 0. The summed E-state index contributed by atoms with van der Waals surface area (Å²) in [7, 11) is 0. The number of aryl methyl sites for hydroxylation is 1. The van der Waals surface area contributed by atoms with Gasteiger partial charge in [-0.3, -0.25) is 4.99 Å². The average Bonchev–Trinajstić information content (AvgIpc) is 2.93. The Kier molecular flexibility index (Phi) is 6.49. The standard InChI is InChI=1S/C16H27N3OS/c1-4-17-16(18-11-14-7-9-21-10-8-14)19-13(3)15-6-5-12(2)20-15/h5-6,13-14H,4,7-11H2,1-3H3,(H2,17,18,19). The van der Waals surface area contributed by atoms with E-state index in [1.165, 1.54) is 24.3 Å². The van der Waals surface area contributed by atoms with Crippen LogP contribution in [0.4, 0.5) is 0 Å². The summed E-state index contributed by atoms with van der Waals surface area (Å²) in [6.45, 7) is 7.95. The van der Waals surface area contributed by atoms with E-state index in [1.807, 2.05) is 19.1 Å². The Morgan fingerprint density at radius 1 is 1.43 bits per heavy atom. The quantitative estimate of drug-likeness (QED) is 0.647. The maximum atomic E-state index is 5.67. The van der Waals surface area contributed by atoms with Crippen LogP contribution in [-0.2, 0) is 0 Å². The zero-order chi connectivity index (χ0) is 15.1. The number of furan rings is 1. The van der Waals surface area contributed by atoms with Crippen LogP contribution >= 0.6 is 11.8 Å². The minimum Gasteiger partial charge on any atom is -0.464 e. The first-order chi connectivity index (χ1) is 10.2. The Bertz CT molecular complexity index is 452. The summed E-state index contributed by atoms with van der Waals surface area (Å²) in [6, 6.07) is 4.14. The van der Waals surface area contributed by atoms with Gasteiger partial charge in [0.2, 0.25) is 0 Å². The highest BCUT2D eigenvalue weighted by Crippen LogP contribution is 2.22. The molecule has 0 radical (unpaired) electrons. The number of nitrogens with one attached hydrogen (secondary N) is 2. The van der Waals surface area contributed by atoms with Crippen molar-refractivity contribution < 1.29 is 4.42 Å². The topological polar surface area (TPSA) is 49.6 Å². The van der Waals surface area contributed by atoms with Crippen LogP contribution in [0.5, 0.6) is 0 Å². The van der Waals surface area contributed by atoms with Crippen molar-refractivity contribution in [2.24, 2.45) is 10.9 Å². The Morgan fingerprint density at radius 3 is 2.81 bits per heavy atom. The lowest BCUT2D eigenvalue weighted by molar-refractivity contribution is 0.440. The van der Waals surface area contributed by atoms with Crippen LogP contribution in [0.15, 0.2) is 21.5 Å². The molecule has 2 heterocycles. The first-order valence-electron chi connectivity index (χ1n) is 7.88. The van der Waals surface area contributed by atoms with Gasteiger partial charge in [0, 0.05) is 13.1 Å². The molecule has 1 unspecified atom stereocenters. The molecule has 0 aliphatic carbocycles. The first-order valence-corrected chi connectivity index (χ1v) is 9.03. The molecule has 0 saturated carbocycles. The lowest BCUT2D eigenvalue weighted by atomic mass is 10.0. The molecule has 0 aromatic carbocycles. The lowest BCUT2D eigenvalue weighted by Gasteiger charge is -2.21. The Hall–Kier alpha value is -1.10. The van der Waals surface area contributed by atoms with Crippen LogP contribution in [0.2, 0.25) is 0 Å². The third kappa shape index (κ3) is 5.30. The third-order valence-electron chi connectivity index (χ3n) is 3.73. The van der Waals surface area contributed by atoms with Crippen LogP contribution < -0.4 is 10.6 Å². The fourth-order valence-corrected chi connectivity index (χ4v) is 3.64. The van der Waals surface area contributed by atoms with Gasteiger partial charge >= 0.3 is 0 Å². The van der Waals surface area contributed by atoms with Gasteiger partial charge in [-0.2, -0.15) is 11.8 Å². The minimum absolute atomic E-state index is 0.124. The van der Waals surface area contributed by atoms with Crippen LogP contribution in [0.3, 0.4) is 0 Å². The highest BCUT2D eigenvalue weighted by Gasteiger charge is 2.15. The molecular weight excluding hydrogens is 282 g/mol. The molecule has 21 heavy (non-hydrogen) atoms. The van der Waals surface area contributed by atoms with Gasteiger partial charge in [0.15, 0.2) is 5.96 Å². The zero-order valence-electron chi connectivity index (χ0n) is 13.3. The molecule has 2 N–H and O–H groups in total. The third-order valence-corrected chi connectivity index (χ3v) is 4.78. The molecule has 118 valence electrons. The monoisotopic (exact) mass is 309 g/mol. The van der Waals surface area contributed by atoms with Gasteiger partial charge in [0.25, 0.3) is 0 Å². The van der Waals surface area contributed by atoms with Gasteiger partial charge in [-0.25, -0.2) is 0 Å². The number of nitrogens with zero attached hydrogens (tertiary/aromatic N) is 1. The van der Waals surface area contributed by atoms with Crippen LogP contribution in [-0.4, -0.2) is 30.6 Å². The van der Waals surface area contributed by atoms with Crippen molar-refractivity contribution in [3.63, 3.8) is 0 Å². The summed E-state index contributed by atoms with van der Waals surface area (Å²) in [5.74, 6) is 6.09. The molecule has 2 rings (SSSR count). The molecule has 4 nitrogen and oxygen atoms in total. The van der Waals surface area contributed by atoms with Crippen LogP contribution in [0, 0.1) is 12.8 Å². The van der Waals surface area contributed by atoms with Gasteiger partial charge in [0.05, 0.1) is 6.04 Å². The van der Waals surface area contributed by atoms with E-state index in [4.69, 9.17) is 9.41 Å². The van der Waals surface area contributed by atoms with Crippen molar-refractivity contribution in [3.8, 4) is 0 Å². The molecule has 1 aromatic heterocycles. The summed E-state index contributed by atoms with van der Waals surface area (Å²) in [4.78, 5) is 4.75. The second kappa shape index (κ2) is 8.37. The smallest absolute Gasteiger partial charge is 0.191 e. The molecule has 1 atom stereocenters. The van der Waals surface area contributed by atoms with E-state index < -0.39 is 0 Å². The van der Waals surface area contributed by atoms with Crippen molar-refractivity contribution in [3.05, 3.63) is 23.7 Å². The maximum absolute atomic E-state index is 5.67. The molecule has 1 aliphatic heterocycles. The van der Waals surface area contributed by atoms with E-state index in [1.54, 1.807) is 0 Å². The molecule has 1 aromatic rings. The molecule has 1 fully saturated rings. The van der Waals surface area contributed by atoms with E-state index in [0.29, 0.717) is 0 Å². The predicted octanol–water partition coefficient (Wildman–Crippen LogP) is 3.35. The maximum Gasteiger partial charge on any atom is 0.191 e. The minimum atomic E-state index is 0.124. The fraction of sp³-hybridized carbons (Fsp3) is 0.688. The number of thioether (sulfide) groups is 1. The summed E-state index contributed by atoms with van der Waals surface area (Å²) < 4.78 is 5.67. The Labute approximate surface area is 132 Å². The van der Waals surface area contributed by atoms with Gasteiger partial charge in [-0.15, -0.1) is 0 Å².